The standard InChI is InChI=1S/C13H14BrN3O.ClH/c14-10-5-3-9(4-6-10)11-16-12(17-18-11)13(15)7-1-2-8-13;/h3-6H,1-2,7-8,15H2;1H. The average Bonchev–Trinajstić information content (AvgIpc) is 2.99. The number of hydrogen-bond acceptors (Lipinski definition) is 4. The summed E-state index contributed by atoms with van der Waals surface area (Å²) in [6, 6.07) is 7.79. The Hall–Kier alpha value is -0.910. The van der Waals surface area contributed by atoms with Crippen LogP contribution in [0.5, 0.6) is 0 Å². The Morgan fingerprint density at radius 1 is 1.16 bits per heavy atom. The van der Waals surface area contributed by atoms with Crippen LogP contribution in [0.4, 0.5) is 0 Å². The van der Waals surface area contributed by atoms with Gasteiger partial charge in [0.05, 0.1) is 5.54 Å². The lowest BCUT2D eigenvalue weighted by Crippen LogP contribution is -2.34. The number of halogens is 2. The summed E-state index contributed by atoms with van der Waals surface area (Å²) in [5.74, 6) is 1.17. The summed E-state index contributed by atoms with van der Waals surface area (Å²) in [4.78, 5) is 4.45. The lowest BCUT2D eigenvalue weighted by molar-refractivity contribution is 0.372. The summed E-state index contributed by atoms with van der Waals surface area (Å²) in [5, 5.41) is 4.05. The Bertz CT molecular complexity index is 549. The molecule has 1 heterocycles. The summed E-state index contributed by atoms with van der Waals surface area (Å²) in [6.45, 7) is 0. The molecule has 4 nitrogen and oxygen atoms in total. The van der Waals surface area contributed by atoms with Gasteiger partial charge in [-0.25, -0.2) is 0 Å². The van der Waals surface area contributed by atoms with Crippen LogP contribution in [0.3, 0.4) is 0 Å². The predicted octanol–water partition coefficient (Wildman–Crippen LogP) is 3.65. The van der Waals surface area contributed by atoms with Gasteiger partial charge in [-0.15, -0.1) is 12.4 Å². The highest BCUT2D eigenvalue weighted by molar-refractivity contribution is 9.10. The molecule has 0 aliphatic heterocycles. The average molecular weight is 345 g/mol. The molecule has 1 aliphatic rings. The fraction of sp³-hybridized carbons (Fsp3) is 0.385. The van der Waals surface area contributed by atoms with Crippen molar-refractivity contribution < 1.29 is 4.52 Å². The highest BCUT2D eigenvalue weighted by Crippen LogP contribution is 2.35. The Kier molecular flexibility index (Phi) is 4.28. The summed E-state index contributed by atoms with van der Waals surface area (Å²) in [7, 11) is 0. The van der Waals surface area contributed by atoms with Gasteiger partial charge in [-0.3, -0.25) is 0 Å². The molecule has 1 aromatic carbocycles. The molecular weight excluding hydrogens is 330 g/mol. The molecule has 3 rings (SSSR count). The van der Waals surface area contributed by atoms with Crippen LogP contribution in [-0.4, -0.2) is 10.1 Å². The third-order valence-electron chi connectivity index (χ3n) is 3.46. The zero-order chi connectivity index (χ0) is 12.6. The second-order valence-electron chi connectivity index (χ2n) is 4.79. The van der Waals surface area contributed by atoms with Gasteiger partial charge in [-0.05, 0) is 37.1 Å². The van der Waals surface area contributed by atoms with E-state index in [9.17, 15) is 0 Å². The molecule has 0 atom stereocenters. The molecule has 1 saturated carbocycles. The number of nitrogens with two attached hydrogens (primary N) is 1. The molecule has 0 amide bonds. The first-order valence-electron chi connectivity index (χ1n) is 6.06. The van der Waals surface area contributed by atoms with Crippen LogP contribution >= 0.6 is 28.3 Å². The largest absolute Gasteiger partial charge is 0.334 e. The monoisotopic (exact) mass is 343 g/mol. The highest BCUT2D eigenvalue weighted by atomic mass is 79.9. The fourth-order valence-corrected chi connectivity index (χ4v) is 2.63. The highest BCUT2D eigenvalue weighted by Gasteiger charge is 2.36. The second kappa shape index (κ2) is 5.61. The van der Waals surface area contributed by atoms with E-state index in [2.05, 4.69) is 26.1 Å². The van der Waals surface area contributed by atoms with Gasteiger partial charge in [-0.2, -0.15) is 4.98 Å². The molecule has 102 valence electrons. The molecule has 2 N–H and O–H groups in total. The van der Waals surface area contributed by atoms with E-state index in [0.717, 1.165) is 35.7 Å². The van der Waals surface area contributed by atoms with Crippen LogP contribution in [-0.2, 0) is 5.54 Å². The van der Waals surface area contributed by atoms with Crippen LogP contribution in [0.1, 0.15) is 31.5 Å². The van der Waals surface area contributed by atoms with E-state index in [1.807, 2.05) is 24.3 Å². The molecule has 0 radical (unpaired) electrons. The van der Waals surface area contributed by atoms with Gasteiger partial charge in [0.25, 0.3) is 5.89 Å². The van der Waals surface area contributed by atoms with Crippen molar-refractivity contribution in [3.63, 3.8) is 0 Å². The van der Waals surface area contributed by atoms with E-state index in [1.54, 1.807) is 0 Å². The van der Waals surface area contributed by atoms with Gasteiger partial charge in [0.2, 0.25) is 0 Å². The van der Waals surface area contributed by atoms with Crippen LogP contribution < -0.4 is 5.73 Å². The molecule has 0 bridgehead atoms. The zero-order valence-electron chi connectivity index (χ0n) is 10.3. The van der Waals surface area contributed by atoms with Crippen molar-refractivity contribution in [3.05, 3.63) is 34.6 Å². The molecule has 2 aromatic rings. The summed E-state index contributed by atoms with van der Waals surface area (Å²) in [5.41, 5.74) is 6.83. The predicted molar refractivity (Wildman–Crippen MR) is 79.0 cm³/mol. The summed E-state index contributed by atoms with van der Waals surface area (Å²) < 4.78 is 6.34. The minimum atomic E-state index is -0.392. The SMILES string of the molecule is Cl.NC1(c2noc(-c3ccc(Br)cc3)n2)CCCC1. The Morgan fingerprint density at radius 3 is 2.42 bits per heavy atom. The first kappa shape index (κ1) is 14.5. The molecule has 0 unspecified atom stereocenters. The Balaban J connectivity index is 0.00000133. The topological polar surface area (TPSA) is 64.9 Å². The first-order valence-corrected chi connectivity index (χ1v) is 6.86. The summed E-state index contributed by atoms with van der Waals surface area (Å²) in [6.07, 6.45) is 4.15. The van der Waals surface area contributed by atoms with Crippen molar-refractivity contribution in [1.82, 2.24) is 10.1 Å². The molecule has 1 aliphatic carbocycles. The van der Waals surface area contributed by atoms with Gasteiger partial charge in [-0.1, -0.05) is 33.9 Å². The van der Waals surface area contributed by atoms with E-state index in [0.29, 0.717) is 11.7 Å². The third-order valence-corrected chi connectivity index (χ3v) is 3.99. The number of benzene rings is 1. The fourth-order valence-electron chi connectivity index (χ4n) is 2.36. The van der Waals surface area contributed by atoms with Gasteiger partial charge in [0.15, 0.2) is 5.82 Å². The van der Waals surface area contributed by atoms with E-state index in [-0.39, 0.29) is 12.4 Å². The number of hydrogen-bond donors (Lipinski definition) is 1. The van der Waals surface area contributed by atoms with Crippen LogP contribution in [0.25, 0.3) is 11.5 Å². The third kappa shape index (κ3) is 2.83. The van der Waals surface area contributed by atoms with Crippen molar-refractivity contribution in [1.29, 1.82) is 0 Å². The van der Waals surface area contributed by atoms with Gasteiger partial charge < -0.3 is 10.3 Å². The molecule has 6 heteroatoms. The molecular formula is C13H15BrClN3O. The second-order valence-corrected chi connectivity index (χ2v) is 5.71. The molecule has 19 heavy (non-hydrogen) atoms. The molecule has 1 fully saturated rings. The minimum absolute atomic E-state index is 0. The Labute approximate surface area is 126 Å². The first-order chi connectivity index (χ1) is 8.67. The minimum Gasteiger partial charge on any atom is -0.334 e. The molecule has 1 aromatic heterocycles. The van der Waals surface area contributed by atoms with Crippen molar-refractivity contribution >= 4 is 28.3 Å². The number of rotatable bonds is 2. The van der Waals surface area contributed by atoms with E-state index in [4.69, 9.17) is 10.3 Å². The normalized spacial score (nSPS) is 17.2. The van der Waals surface area contributed by atoms with Crippen LogP contribution in [0, 0.1) is 0 Å². The van der Waals surface area contributed by atoms with Gasteiger partial charge >= 0.3 is 0 Å². The quantitative estimate of drug-likeness (QED) is 0.903. The van der Waals surface area contributed by atoms with E-state index < -0.39 is 5.54 Å². The van der Waals surface area contributed by atoms with E-state index >= 15 is 0 Å². The van der Waals surface area contributed by atoms with Crippen LogP contribution in [0.15, 0.2) is 33.3 Å². The number of nitrogens with zero attached hydrogens (tertiary/aromatic N) is 2. The van der Waals surface area contributed by atoms with Crippen molar-refractivity contribution in [2.75, 3.05) is 0 Å². The maximum absolute atomic E-state index is 6.30. The lowest BCUT2D eigenvalue weighted by Gasteiger charge is -2.17. The maximum atomic E-state index is 6.30. The number of aromatic nitrogens is 2. The van der Waals surface area contributed by atoms with Crippen molar-refractivity contribution in [3.8, 4) is 11.5 Å². The summed E-state index contributed by atoms with van der Waals surface area (Å²) >= 11 is 3.40. The van der Waals surface area contributed by atoms with Gasteiger partial charge in [0, 0.05) is 10.0 Å². The molecule has 0 spiro atoms. The van der Waals surface area contributed by atoms with Crippen molar-refractivity contribution in [2.24, 2.45) is 5.73 Å². The smallest absolute Gasteiger partial charge is 0.257 e. The van der Waals surface area contributed by atoms with Gasteiger partial charge in [0.1, 0.15) is 0 Å². The van der Waals surface area contributed by atoms with Crippen LogP contribution in [0.2, 0.25) is 0 Å². The maximum Gasteiger partial charge on any atom is 0.257 e. The Morgan fingerprint density at radius 2 is 1.79 bits per heavy atom. The zero-order valence-corrected chi connectivity index (χ0v) is 12.7. The van der Waals surface area contributed by atoms with E-state index in [1.165, 1.54) is 0 Å². The lowest BCUT2D eigenvalue weighted by atomic mass is 9.99. The molecule has 0 saturated heterocycles. The van der Waals surface area contributed by atoms with Crippen molar-refractivity contribution in [2.45, 2.75) is 31.2 Å².